The molecule has 0 radical (unpaired) electrons. The number of allylic oxidation sites excluding steroid dienone is 4. The Labute approximate surface area is 111 Å². The molecule has 0 aromatic heterocycles. The van der Waals surface area contributed by atoms with Gasteiger partial charge in [0.15, 0.2) is 0 Å². The number of benzene rings is 1. The Bertz CT molecular complexity index is 430. The molecule has 0 aliphatic heterocycles. The molecule has 0 spiro atoms. The van der Waals surface area contributed by atoms with Crippen molar-refractivity contribution in [1.82, 2.24) is 0 Å². The molecule has 1 saturated carbocycles. The van der Waals surface area contributed by atoms with Crippen LogP contribution in [0.15, 0.2) is 67.3 Å². The van der Waals surface area contributed by atoms with E-state index >= 15 is 0 Å². The first-order chi connectivity index (χ1) is 8.79. The van der Waals surface area contributed by atoms with Gasteiger partial charge in [-0.1, -0.05) is 81.0 Å². The van der Waals surface area contributed by atoms with Gasteiger partial charge in [0.25, 0.3) is 0 Å². The van der Waals surface area contributed by atoms with Crippen molar-refractivity contribution in [2.75, 3.05) is 0 Å². The summed E-state index contributed by atoms with van der Waals surface area (Å²) in [4.78, 5) is 0. The smallest absolute Gasteiger partial charge is 0.0197 e. The summed E-state index contributed by atoms with van der Waals surface area (Å²) in [6, 6.07) is 10.9. The van der Waals surface area contributed by atoms with Crippen LogP contribution in [0.3, 0.4) is 0 Å². The zero-order valence-corrected chi connectivity index (χ0v) is 11.1. The zero-order valence-electron chi connectivity index (χ0n) is 11.1. The van der Waals surface area contributed by atoms with Crippen LogP contribution in [-0.4, -0.2) is 0 Å². The van der Waals surface area contributed by atoms with Gasteiger partial charge >= 0.3 is 0 Å². The Hall–Kier alpha value is -1.56. The van der Waals surface area contributed by atoms with Gasteiger partial charge in [0.2, 0.25) is 0 Å². The predicted molar refractivity (Wildman–Crippen MR) is 79.7 cm³/mol. The predicted octanol–water partition coefficient (Wildman–Crippen LogP) is 5.19. The summed E-state index contributed by atoms with van der Waals surface area (Å²) in [6.07, 6.45) is 12.4. The lowest BCUT2D eigenvalue weighted by Crippen LogP contribution is -2.30. The van der Waals surface area contributed by atoms with Gasteiger partial charge in [-0.05, 0) is 24.0 Å². The van der Waals surface area contributed by atoms with E-state index in [4.69, 9.17) is 0 Å². The minimum absolute atomic E-state index is 0.152. The molecule has 18 heavy (non-hydrogen) atoms. The van der Waals surface area contributed by atoms with Crippen molar-refractivity contribution in [2.45, 2.75) is 37.5 Å². The van der Waals surface area contributed by atoms with Crippen molar-refractivity contribution in [3.05, 3.63) is 72.9 Å². The SMILES string of the molecule is C=C/C=C\C(=C)C1(c2ccccc2)CCCCC1. The normalized spacial score (nSPS) is 18.7. The van der Waals surface area contributed by atoms with Gasteiger partial charge in [-0.2, -0.15) is 0 Å². The highest BCUT2D eigenvalue weighted by Gasteiger charge is 2.35. The van der Waals surface area contributed by atoms with Gasteiger partial charge in [-0.3, -0.25) is 0 Å². The first-order valence-corrected chi connectivity index (χ1v) is 6.83. The first kappa shape index (κ1) is 12.9. The second-order valence-electron chi connectivity index (χ2n) is 5.13. The number of rotatable bonds is 4. The van der Waals surface area contributed by atoms with Gasteiger partial charge in [0, 0.05) is 5.41 Å². The summed E-state index contributed by atoms with van der Waals surface area (Å²) in [5.74, 6) is 0. The molecule has 0 N–H and O–H groups in total. The average Bonchev–Trinajstić information content (AvgIpc) is 2.46. The summed E-state index contributed by atoms with van der Waals surface area (Å²) in [6.45, 7) is 8.08. The summed E-state index contributed by atoms with van der Waals surface area (Å²) < 4.78 is 0. The first-order valence-electron chi connectivity index (χ1n) is 6.83. The van der Waals surface area contributed by atoms with Crippen LogP contribution >= 0.6 is 0 Å². The second kappa shape index (κ2) is 5.86. The van der Waals surface area contributed by atoms with Crippen LogP contribution in [0, 0.1) is 0 Å². The van der Waals surface area contributed by atoms with E-state index in [1.54, 1.807) is 0 Å². The fourth-order valence-electron chi connectivity index (χ4n) is 3.05. The van der Waals surface area contributed by atoms with Gasteiger partial charge in [0.05, 0.1) is 0 Å². The maximum atomic E-state index is 4.33. The summed E-state index contributed by atoms with van der Waals surface area (Å²) in [5, 5.41) is 0. The highest BCUT2D eigenvalue weighted by atomic mass is 14.4. The Morgan fingerprint density at radius 1 is 1.06 bits per heavy atom. The maximum Gasteiger partial charge on any atom is 0.0197 e. The fourth-order valence-corrected chi connectivity index (χ4v) is 3.05. The van der Waals surface area contributed by atoms with Crippen LogP contribution in [0.1, 0.15) is 37.7 Å². The van der Waals surface area contributed by atoms with E-state index in [0.717, 1.165) is 0 Å². The third-order valence-electron chi connectivity index (χ3n) is 4.08. The molecule has 0 amide bonds. The largest absolute Gasteiger partial charge is 0.0991 e. The molecule has 1 aromatic carbocycles. The van der Waals surface area contributed by atoms with E-state index in [1.165, 1.54) is 43.2 Å². The molecular weight excluding hydrogens is 216 g/mol. The molecule has 1 aliphatic rings. The van der Waals surface area contributed by atoms with Crippen molar-refractivity contribution >= 4 is 0 Å². The molecule has 1 aromatic rings. The zero-order chi connectivity index (χ0) is 12.8. The molecule has 94 valence electrons. The van der Waals surface area contributed by atoms with E-state index in [1.807, 2.05) is 12.2 Å². The molecule has 0 saturated heterocycles. The topological polar surface area (TPSA) is 0 Å². The molecule has 0 nitrogen and oxygen atoms in total. The monoisotopic (exact) mass is 238 g/mol. The number of hydrogen-bond donors (Lipinski definition) is 0. The lowest BCUT2D eigenvalue weighted by atomic mass is 9.65. The Morgan fingerprint density at radius 2 is 1.72 bits per heavy atom. The van der Waals surface area contributed by atoms with Gasteiger partial charge < -0.3 is 0 Å². The quantitative estimate of drug-likeness (QED) is 0.633. The van der Waals surface area contributed by atoms with Gasteiger partial charge in [0.1, 0.15) is 0 Å². The van der Waals surface area contributed by atoms with Crippen molar-refractivity contribution in [3.63, 3.8) is 0 Å². The van der Waals surface area contributed by atoms with Crippen LogP contribution in [0.4, 0.5) is 0 Å². The Balaban J connectivity index is 2.37. The van der Waals surface area contributed by atoms with Crippen LogP contribution in [-0.2, 0) is 5.41 Å². The lowest BCUT2D eigenvalue weighted by Gasteiger charge is -2.39. The van der Waals surface area contributed by atoms with E-state index in [-0.39, 0.29) is 5.41 Å². The maximum absolute atomic E-state index is 4.33. The van der Waals surface area contributed by atoms with Crippen molar-refractivity contribution in [2.24, 2.45) is 0 Å². The molecule has 2 rings (SSSR count). The molecular formula is C18H22. The summed E-state index contributed by atoms with van der Waals surface area (Å²) in [5.41, 5.74) is 2.80. The molecule has 0 atom stereocenters. The average molecular weight is 238 g/mol. The van der Waals surface area contributed by atoms with Gasteiger partial charge in [-0.25, -0.2) is 0 Å². The van der Waals surface area contributed by atoms with Crippen LogP contribution in [0.2, 0.25) is 0 Å². The minimum atomic E-state index is 0.152. The van der Waals surface area contributed by atoms with E-state index in [2.05, 4.69) is 49.6 Å². The molecule has 1 fully saturated rings. The van der Waals surface area contributed by atoms with Crippen molar-refractivity contribution < 1.29 is 0 Å². The second-order valence-corrected chi connectivity index (χ2v) is 5.13. The standard InChI is InChI=1S/C18H22/c1-3-4-11-16(2)18(14-9-6-10-15-18)17-12-7-5-8-13-17/h3-5,7-8,11-13H,1-2,6,9-10,14-15H2/b11-4-. The van der Waals surface area contributed by atoms with Gasteiger partial charge in [-0.15, -0.1) is 0 Å². The Morgan fingerprint density at radius 3 is 2.33 bits per heavy atom. The summed E-state index contributed by atoms with van der Waals surface area (Å²) >= 11 is 0. The van der Waals surface area contributed by atoms with E-state index in [9.17, 15) is 0 Å². The lowest BCUT2D eigenvalue weighted by molar-refractivity contribution is 0.346. The van der Waals surface area contributed by atoms with Crippen LogP contribution < -0.4 is 0 Å². The van der Waals surface area contributed by atoms with E-state index in [0.29, 0.717) is 0 Å². The minimum Gasteiger partial charge on any atom is -0.0991 e. The molecule has 0 bridgehead atoms. The molecule has 0 heterocycles. The third-order valence-corrected chi connectivity index (χ3v) is 4.08. The third kappa shape index (κ3) is 2.48. The van der Waals surface area contributed by atoms with E-state index < -0.39 is 0 Å². The summed E-state index contributed by atoms with van der Waals surface area (Å²) in [7, 11) is 0. The Kier molecular flexibility index (Phi) is 4.19. The number of hydrogen-bond acceptors (Lipinski definition) is 0. The molecule has 1 aliphatic carbocycles. The highest BCUT2D eigenvalue weighted by molar-refractivity contribution is 5.41. The highest BCUT2D eigenvalue weighted by Crippen LogP contribution is 2.44. The van der Waals surface area contributed by atoms with Crippen molar-refractivity contribution in [3.8, 4) is 0 Å². The fraction of sp³-hybridized carbons (Fsp3) is 0.333. The molecule has 0 heteroatoms. The van der Waals surface area contributed by atoms with Crippen LogP contribution in [0.25, 0.3) is 0 Å². The molecule has 0 unspecified atom stereocenters. The van der Waals surface area contributed by atoms with Crippen molar-refractivity contribution in [1.29, 1.82) is 0 Å². The van der Waals surface area contributed by atoms with Crippen LogP contribution in [0.5, 0.6) is 0 Å².